The van der Waals surface area contributed by atoms with Crippen LogP contribution < -0.4 is 10.4 Å². The van der Waals surface area contributed by atoms with Gasteiger partial charge in [-0.1, -0.05) is 5.11 Å². The second kappa shape index (κ2) is 6.35. The molecule has 1 N–H and O–H groups in total. The summed E-state index contributed by atoms with van der Waals surface area (Å²) in [4.78, 5) is 18.8. The van der Waals surface area contributed by atoms with E-state index in [1.165, 1.54) is 4.57 Å². The maximum Gasteiger partial charge on any atom is 0.352 e. The zero-order valence-corrected chi connectivity index (χ0v) is 12.8. The zero-order valence-electron chi connectivity index (χ0n) is 12.8. The lowest BCUT2D eigenvalue weighted by Gasteiger charge is -2.22. The normalized spacial score (nSPS) is 24.3. The predicted molar refractivity (Wildman–Crippen MR) is 77.3 cm³/mol. The highest BCUT2D eigenvalue weighted by Gasteiger charge is 2.40. The third kappa shape index (κ3) is 3.22. The highest BCUT2D eigenvalue weighted by molar-refractivity contribution is 5.21. The quantitative estimate of drug-likeness (QED) is 0.503. The van der Waals surface area contributed by atoms with Crippen LogP contribution in [0.15, 0.2) is 16.1 Å². The van der Waals surface area contributed by atoms with Gasteiger partial charge in [0.1, 0.15) is 6.23 Å². The molecule has 0 radical (unpaired) electrons. The molecule has 9 heteroatoms. The third-order valence-corrected chi connectivity index (χ3v) is 3.36. The average molecular weight is 309 g/mol. The van der Waals surface area contributed by atoms with Crippen LogP contribution in [-0.4, -0.2) is 33.1 Å². The van der Waals surface area contributed by atoms with Crippen molar-refractivity contribution in [3.8, 4) is 5.88 Å². The molecule has 0 amide bonds. The van der Waals surface area contributed by atoms with Crippen molar-refractivity contribution in [2.75, 3.05) is 6.61 Å². The molecule has 2 heterocycles. The number of nitrogens with zero attached hydrogens (tertiary/aromatic N) is 5. The van der Waals surface area contributed by atoms with Crippen molar-refractivity contribution in [1.82, 2.24) is 9.55 Å². The van der Waals surface area contributed by atoms with E-state index in [0.29, 0.717) is 18.4 Å². The molecule has 1 aromatic heterocycles. The Labute approximate surface area is 127 Å². The standard InChI is InChI=1S/C13H19N5O4/c1-8(2)21-11-9(3)6-18(12(20)15-11)10-4-5-13(7-19,22-10)16-17-14/h6,8,10,19H,4-5,7H2,1-3H3/t10-,13+/m1/s1. The summed E-state index contributed by atoms with van der Waals surface area (Å²) in [5.74, 6) is 0.290. The molecule has 0 aromatic carbocycles. The van der Waals surface area contributed by atoms with E-state index in [0.717, 1.165) is 0 Å². The van der Waals surface area contributed by atoms with Crippen LogP contribution in [-0.2, 0) is 4.74 Å². The fourth-order valence-electron chi connectivity index (χ4n) is 2.32. The Morgan fingerprint density at radius 1 is 1.73 bits per heavy atom. The van der Waals surface area contributed by atoms with Crippen molar-refractivity contribution in [3.63, 3.8) is 0 Å². The third-order valence-electron chi connectivity index (χ3n) is 3.36. The Kier molecular flexibility index (Phi) is 4.70. The smallest absolute Gasteiger partial charge is 0.352 e. The molecule has 1 fully saturated rings. The van der Waals surface area contributed by atoms with Crippen LogP contribution in [0.1, 0.15) is 38.5 Å². The minimum Gasteiger partial charge on any atom is -0.475 e. The zero-order chi connectivity index (χ0) is 16.3. The molecule has 0 unspecified atom stereocenters. The lowest BCUT2D eigenvalue weighted by molar-refractivity contribution is -0.0952. The van der Waals surface area contributed by atoms with E-state index in [4.69, 9.17) is 15.0 Å². The van der Waals surface area contributed by atoms with Crippen LogP contribution in [0.25, 0.3) is 10.4 Å². The monoisotopic (exact) mass is 309 g/mol. The molecule has 0 aliphatic carbocycles. The summed E-state index contributed by atoms with van der Waals surface area (Å²) < 4.78 is 12.4. The molecule has 22 heavy (non-hydrogen) atoms. The summed E-state index contributed by atoms with van der Waals surface area (Å²) in [6.07, 6.45) is 1.64. The second-order valence-electron chi connectivity index (χ2n) is 5.49. The Balaban J connectivity index is 2.29. The molecular formula is C13H19N5O4. The summed E-state index contributed by atoms with van der Waals surface area (Å²) in [6.45, 7) is 5.04. The summed E-state index contributed by atoms with van der Waals surface area (Å²) >= 11 is 0. The van der Waals surface area contributed by atoms with Crippen molar-refractivity contribution in [3.05, 3.63) is 32.7 Å². The maximum absolute atomic E-state index is 12.1. The Morgan fingerprint density at radius 2 is 2.45 bits per heavy atom. The van der Waals surface area contributed by atoms with E-state index in [1.807, 2.05) is 13.8 Å². The number of ether oxygens (including phenoxy) is 2. The van der Waals surface area contributed by atoms with E-state index < -0.39 is 24.2 Å². The first-order valence-corrected chi connectivity index (χ1v) is 7.02. The second-order valence-corrected chi connectivity index (χ2v) is 5.49. The highest BCUT2D eigenvalue weighted by atomic mass is 16.6. The summed E-state index contributed by atoms with van der Waals surface area (Å²) in [7, 11) is 0. The van der Waals surface area contributed by atoms with Gasteiger partial charge in [0.05, 0.1) is 12.7 Å². The van der Waals surface area contributed by atoms with Gasteiger partial charge in [-0.05, 0) is 39.1 Å². The van der Waals surface area contributed by atoms with Crippen molar-refractivity contribution in [1.29, 1.82) is 0 Å². The number of aliphatic hydroxyl groups excluding tert-OH is 1. The van der Waals surface area contributed by atoms with Crippen LogP contribution in [0.3, 0.4) is 0 Å². The largest absolute Gasteiger partial charge is 0.475 e. The van der Waals surface area contributed by atoms with Crippen LogP contribution in [0, 0.1) is 6.92 Å². The van der Waals surface area contributed by atoms with Gasteiger partial charge in [-0.25, -0.2) is 4.79 Å². The van der Waals surface area contributed by atoms with Crippen LogP contribution in [0.4, 0.5) is 0 Å². The highest BCUT2D eigenvalue weighted by Crippen LogP contribution is 2.37. The molecule has 2 atom stereocenters. The van der Waals surface area contributed by atoms with Gasteiger partial charge in [0, 0.05) is 16.7 Å². The minimum absolute atomic E-state index is 0.0869. The van der Waals surface area contributed by atoms with Crippen molar-refractivity contribution >= 4 is 0 Å². The number of aryl methyl sites for hydroxylation is 1. The Bertz CT molecular complexity index is 652. The summed E-state index contributed by atoms with van der Waals surface area (Å²) in [5, 5.41) is 12.9. The van der Waals surface area contributed by atoms with E-state index in [9.17, 15) is 9.90 Å². The first-order chi connectivity index (χ1) is 10.4. The summed E-state index contributed by atoms with van der Waals surface area (Å²) in [5.41, 5.74) is 7.43. The van der Waals surface area contributed by atoms with Gasteiger partial charge >= 0.3 is 5.69 Å². The van der Waals surface area contributed by atoms with Crippen LogP contribution >= 0.6 is 0 Å². The number of aliphatic hydroxyl groups is 1. The maximum atomic E-state index is 12.1. The first kappa shape index (κ1) is 16.3. The Hall–Kier alpha value is -2.09. The van der Waals surface area contributed by atoms with E-state index >= 15 is 0 Å². The fourth-order valence-corrected chi connectivity index (χ4v) is 2.32. The van der Waals surface area contributed by atoms with Crippen LogP contribution in [0.5, 0.6) is 5.88 Å². The number of hydrogen-bond acceptors (Lipinski definition) is 6. The molecule has 1 aliphatic rings. The number of aromatic nitrogens is 2. The summed E-state index contributed by atoms with van der Waals surface area (Å²) in [6, 6.07) is 0. The van der Waals surface area contributed by atoms with Crippen molar-refractivity contribution in [2.24, 2.45) is 5.11 Å². The lowest BCUT2D eigenvalue weighted by atomic mass is 10.1. The van der Waals surface area contributed by atoms with E-state index in [1.54, 1.807) is 13.1 Å². The van der Waals surface area contributed by atoms with Gasteiger partial charge in [-0.15, -0.1) is 0 Å². The van der Waals surface area contributed by atoms with Gasteiger partial charge in [-0.3, -0.25) is 4.57 Å². The average Bonchev–Trinajstić information content (AvgIpc) is 2.87. The SMILES string of the molecule is Cc1cn([C@H]2CC[C@](CO)(N=[N+]=[N-])O2)c(=O)nc1OC(C)C. The molecule has 0 spiro atoms. The first-order valence-electron chi connectivity index (χ1n) is 7.02. The molecular weight excluding hydrogens is 290 g/mol. The molecule has 9 nitrogen and oxygen atoms in total. The molecule has 120 valence electrons. The van der Waals surface area contributed by atoms with E-state index in [2.05, 4.69) is 15.0 Å². The van der Waals surface area contributed by atoms with Gasteiger partial charge in [0.2, 0.25) is 5.88 Å². The Morgan fingerprint density at radius 3 is 3.05 bits per heavy atom. The van der Waals surface area contributed by atoms with Crippen LogP contribution in [0.2, 0.25) is 0 Å². The number of rotatable bonds is 5. The lowest BCUT2D eigenvalue weighted by Crippen LogP contribution is -2.33. The van der Waals surface area contributed by atoms with Gasteiger partial charge < -0.3 is 14.6 Å². The minimum atomic E-state index is -1.32. The number of hydrogen-bond donors (Lipinski definition) is 1. The molecule has 0 saturated carbocycles. The molecule has 0 bridgehead atoms. The number of azide groups is 1. The van der Waals surface area contributed by atoms with Gasteiger partial charge in [0.25, 0.3) is 0 Å². The van der Waals surface area contributed by atoms with Gasteiger partial charge in [-0.2, -0.15) is 4.98 Å². The molecule has 2 rings (SSSR count). The molecule has 1 saturated heterocycles. The molecule has 1 aromatic rings. The fraction of sp³-hybridized carbons (Fsp3) is 0.692. The van der Waals surface area contributed by atoms with E-state index in [-0.39, 0.29) is 12.0 Å². The van der Waals surface area contributed by atoms with Crippen molar-refractivity contribution in [2.45, 2.75) is 51.7 Å². The van der Waals surface area contributed by atoms with Gasteiger partial charge in [0.15, 0.2) is 5.72 Å². The topological polar surface area (TPSA) is 122 Å². The predicted octanol–water partition coefficient (Wildman–Crippen LogP) is 1.65. The molecule has 1 aliphatic heterocycles. The van der Waals surface area contributed by atoms with Crippen molar-refractivity contribution < 1.29 is 14.6 Å².